The number of carbonyl (C=O) groups is 1. The molecule has 0 saturated heterocycles. The Balaban J connectivity index is 1.61. The molecule has 0 aliphatic heterocycles. The van der Waals surface area contributed by atoms with E-state index in [0.717, 1.165) is 11.2 Å². The van der Waals surface area contributed by atoms with Crippen LogP contribution < -0.4 is 15.5 Å². The van der Waals surface area contributed by atoms with Crippen molar-refractivity contribution in [3.63, 3.8) is 0 Å². The largest absolute Gasteiger partial charge is 0.495 e. The van der Waals surface area contributed by atoms with Crippen LogP contribution >= 0.6 is 23.4 Å². The first kappa shape index (κ1) is 18.4. The van der Waals surface area contributed by atoms with Gasteiger partial charge in [-0.05, 0) is 30.3 Å². The van der Waals surface area contributed by atoms with Crippen LogP contribution in [0.1, 0.15) is 5.69 Å². The summed E-state index contributed by atoms with van der Waals surface area (Å²) >= 11 is 7.37. The van der Waals surface area contributed by atoms with Gasteiger partial charge in [0.2, 0.25) is 5.91 Å². The topological polar surface area (TPSA) is 71.2 Å². The number of aromatic amines is 1. The van der Waals surface area contributed by atoms with Crippen molar-refractivity contribution >= 4 is 45.9 Å². The number of amides is 1. The van der Waals surface area contributed by atoms with Crippen LogP contribution in [0.25, 0.3) is 10.9 Å². The Morgan fingerprint density at radius 3 is 2.85 bits per heavy atom. The monoisotopic (exact) mass is 388 g/mol. The van der Waals surface area contributed by atoms with Crippen LogP contribution in [-0.2, 0) is 10.5 Å². The highest BCUT2D eigenvalue weighted by Gasteiger charge is 2.09. The van der Waals surface area contributed by atoms with Crippen molar-refractivity contribution < 1.29 is 9.53 Å². The van der Waals surface area contributed by atoms with Gasteiger partial charge in [-0.2, -0.15) is 0 Å². The molecule has 0 radical (unpaired) electrons. The number of para-hydroxylation sites is 1. The van der Waals surface area contributed by atoms with E-state index < -0.39 is 0 Å². The summed E-state index contributed by atoms with van der Waals surface area (Å²) in [4.78, 5) is 27.5. The molecule has 0 saturated carbocycles. The number of pyridine rings is 1. The standard InChI is InChI=1S/C19H17ClN2O3S/c1-25-18-7-6-12(20)8-16(18)22-19(24)11-26-10-13-9-17(23)14-4-2-3-5-15(14)21-13/h2-9H,10-11H2,1H3,(H,21,23)(H,22,24). The summed E-state index contributed by atoms with van der Waals surface area (Å²) in [6, 6.07) is 14.0. The number of benzene rings is 2. The van der Waals surface area contributed by atoms with Crippen molar-refractivity contribution in [3.8, 4) is 5.75 Å². The molecule has 2 aromatic carbocycles. The SMILES string of the molecule is COc1ccc(Cl)cc1NC(=O)CSCc1cc(=O)c2ccccc2[nH]1. The molecule has 0 spiro atoms. The van der Waals surface area contributed by atoms with Gasteiger partial charge in [0.05, 0.1) is 18.6 Å². The van der Waals surface area contributed by atoms with Gasteiger partial charge in [-0.15, -0.1) is 11.8 Å². The number of nitrogens with one attached hydrogen (secondary N) is 2. The second-order valence-corrected chi connectivity index (χ2v) is 7.01. The van der Waals surface area contributed by atoms with E-state index in [2.05, 4.69) is 10.3 Å². The summed E-state index contributed by atoms with van der Waals surface area (Å²) in [5.74, 6) is 1.15. The van der Waals surface area contributed by atoms with E-state index in [-0.39, 0.29) is 17.1 Å². The second-order valence-electron chi connectivity index (χ2n) is 5.59. The van der Waals surface area contributed by atoms with Gasteiger partial charge in [0.25, 0.3) is 0 Å². The van der Waals surface area contributed by atoms with Gasteiger partial charge < -0.3 is 15.0 Å². The maximum absolute atomic E-state index is 12.2. The molecule has 0 atom stereocenters. The molecule has 2 N–H and O–H groups in total. The van der Waals surface area contributed by atoms with Crippen molar-refractivity contribution in [1.29, 1.82) is 0 Å². The predicted octanol–water partition coefficient (Wildman–Crippen LogP) is 4.06. The molecule has 134 valence electrons. The number of rotatable bonds is 6. The van der Waals surface area contributed by atoms with Crippen molar-refractivity contribution in [2.75, 3.05) is 18.2 Å². The molecular weight excluding hydrogens is 372 g/mol. The highest BCUT2D eigenvalue weighted by Crippen LogP contribution is 2.27. The third kappa shape index (κ3) is 4.39. The maximum Gasteiger partial charge on any atom is 0.234 e. The Hall–Kier alpha value is -2.44. The Morgan fingerprint density at radius 1 is 1.23 bits per heavy atom. The number of anilines is 1. The molecular formula is C19H17ClN2O3S. The Morgan fingerprint density at radius 2 is 2.04 bits per heavy atom. The molecule has 26 heavy (non-hydrogen) atoms. The fourth-order valence-electron chi connectivity index (χ4n) is 2.55. The van der Waals surface area contributed by atoms with Gasteiger partial charge in [0, 0.05) is 33.4 Å². The lowest BCUT2D eigenvalue weighted by Crippen LogP contribution is -2.15. The molecule has 0 aliphatic rings. The summed E-state index contributed by atoms with van der Waals surface area (Å²) < 4.78 is 5.21. The number of hydrogen-bond donors (Lipinski definition) is 2. The summed E-state index contributed by atoms with van der Waals surface area (Å²) in [6.07, 6.45) is 0. The van der Waals surface area contributed by atoms with E-state index in [0.29, 0.717) is 27.6 Å². The summed E-state index contributed by atoms with van der Waals surface area (Å²) in [7, 11) is 1.53. The van der Waals surface area contributed by atoms with Crippen LogP contribution in [0.3, 0.4) is 0 Å². The van der Waals surface area contributed by atoms with E-state index in [4.69, 9.17) is 16.3 Å². The smallest absolute Gasteiger partial charge is 0.234 e. The third-order valence-electron chi connectivity index (χ3n) is 3.72. The first-order chi connectivity index (χ1) is 12.6. The molecule has 0 unspecified atom stereocenters. The summed E-state index contributed by atoms with van der Waals surface area (Å²) in [6.45, 7) is 0. The lowest BCUT2D eigenvalue weighted by Gasteiger charge is -2.10. The predicted molar refractivity (Wildman–Crippen MR) is 107 cm³/mol. The minimum absolute atomic E-state index is 0.0249. The molecule has 0 bridgehead atoms. The van der Waals surface area contributed by atoms with Crippen molar-refractivity contribution in [2.24, 2.45) is 0 Å². The van der Waals surface area contributed by atoms with Crippen molar-refractivity contribution in [3.05, 3.63) is 69.5 Å². The van der Waals surface area contributed by atoms with Crippen LogP contribution in [-0.4, -0.2) is 23.8 Å². The number of methoxy groups -OCH3 is 1. The first-order valence-electron chi connectivity index (χ1n) is 7.89. The van der Waals surface area contributed by atoms with E-state index in [1.807, 2.05) is 18.2 Å². The minimum atomic E-state index is -0.168. The molecule has 0 aliphatic carbocycles. The molecule has 3 aromatic rings. The average Bonchev–Trinajstić information content (AvgIpc) is 2.62. The van der Waals surface area contributed by atoms with Gasteiger partial charge in [-0.3, -0.25) is 9.59 Å². The van der Waals surface area contributed by atoms with Crippen molar-refractivity contribution in [2.45, 2.75) is 5.75 Å². The quantitative estimate of drug-likeness (QED) is 0.668. The second kappa shape index (κ2) is 8.29. The van der Waals surface area contributed by atoms with Gasteiger partial charge >= 0.3 is 0 Å². The number of halogens is 1. The fraction of sp³-hybridized carbons (Fsp3) is 0.158. The number of thioether (sulfide) groups is 1. The fourth-order valence-corrected chi connectivity index (χ4v) is 3.45. The number of carbonyl (C=O) groups excluding carboxylic acids is 1. The summed E-state index contributed by atoms with van der Waals surface area (Å²) in [5, 5.41) is 3.96. The van der Waals surface area contributed by atoms with Crippen LogP contribution in [0.2, 0.25) is 5.02 Å². The number of hydrogen-bond acceptors (Lipinski definition) is 4. The molecule has 0 fully saturated rings. The van der Waals surface area contributed by atoms with Crippen LogP contribution in [0.5, 0.6) is 5.75 Å². The van der Waals surface area contributed by atoms with Crippen LogP contribution in [0.4, 0.5) is 5.69 Å². The summed E-state index contributed by atoms with van der Waals surface area (Å²) in [5.41, 5.74) is 2.09. The molecule has 7 heteroatoms. The Bertz CT molecular complexity index is 1000. The number of fused-ring (bicyclic) bond motifs is 1. The molecule has 1 heterocycles. The minimum Gasteiger partial charge on any atom is -0.495 e. The normalized spacial score (nSPS) is 10.7. The van der Waals surface area contributed by atoms with E-state index in [1.165, 1.54) is 18.9 Å². The van der Waals surface area contributed by atoms with Crippen LogP contribution in [0, 0.1) is 0 Å². The van der Waals surface area contributed by atoms with Gasteiger partial charge in [-0.1, -0.05) is 23.7 Å². The maximum atomic E-state index is 12.2. The lowest BCUT2D eigenvalue weighted by molar-refractivity contribution is -0.113. The zero-order valence-electron chi connectivity index (χ0n) is 14.0. The van der Waals surface area contributed by atoms with E-state index in [1.54, 1.807) is 30.3 Å². The molecule has 5 nitrogen and oxygen atoms in total. The molecule has 1 aromatic heterocycles. The third-order valence-corrected chi connectivity index (χ3v) is 4.94. The van der Waals surface area contributed by atoms with Crippen LogP contribution in [0.15, 0.2) is 53.3 Å². The van der Waals surface area contributed by atoms with E-state index >= 15 is 0 Å². The zero-order chi connectivity index (χ0) is 18.5. The molecule has 3 rings (SSSR count). The number of ether oxygens (including phenoxy) is 1. The highest BCUT2D eigenvalue weighted by molar-refractivity contribution is 7.99. The van der Waals surface area contributed by atoms with Gasteiger partial charge in [0.15, 0.2) is 5.43 Å². The van der Waals surface area contributed by atoms with Crippen molar-refractivity contribution in [1.82, 2.24) is 4.98 Å². The highest BCUT2D eigenvalue weighted by atomic mass is 35.5. The van der Waals surface area contributed by atoms with Gasteiger partial charge in [-0.25, -0.2) is 0 Å². The number of H-pyrrole nitrogens is 1. The average molecular weight is 389 g/mol. The number of aromatic nitrogens is 1. The Labute approximate surface area is 159 Å². The van der Waals surface area contributed by atoms with Gasteiger partial charge in [0.1, 0.15) is 5.75 Å². The van der Waals surface area contributed by atoms with E-state index in [9.17, 15) is 9.59 Å². The molecule has 1 amide bonds. The Kier molecular flexibility index (Phi) is 5.85. The lowest BCUT2D eigenvalue weighted by atomic mass is 10.2. The first-order valence-corrected chi connectivity index (χ1v) is 9.42. The zero-order valence-corrected chi connectivity index (χ0v) is 15.6.